The van der Waals surface area contributed by atoms with E-state index in [-0.39, 0.29) is 29.4 Å². The molecule has 148 valence electrons. The average Bonchev–Trinajstić information content (AvgIpc) is 3.09. The number of rotatable bonds is 7. The molecule has 0 saturated heterocycles. The second kappa shape index (κ2) is 10.1. The van der Waals surface area contributed by atoms with Gasteiger partial charge in [0.1, 0.15) is 6.54 Å². The summed E-state index contributed by atoms with van der Waals surface area (Å²) >= 11 is 0. The number of hydrogen-bond acceptors (Lipinski definition) is 3. The van der Waals surface area contributed by atoms with Crippen LogP contribution in [0, 0.1) is 0 Å². The first-order valence-electron chi connectivity index (χ1n) is 9.66. The number of guanidine groups is 1. The average molecular weight is 482 g/mol. The molecule has 0 radical (unpaired) electrons. The van der Waals surface area contributed by atoms with Crippen LogP contribution in [0.2, 0.25) is 0 Å². The highest BCUT2D eigenvalue weighted by atomic mass is 127. The molecule has 1 heterocycles. The first-order chi connectivity index (χ1) is 12.6. The van der Waals surface area contributed by atoms with Crippen molar-refractivity contribution in [3.63, 3.8) is 0 Å². The topological polar surface area (TPSA) is 62.5 Å². The standard InChI is InChI=1S/C21H30N4O.HI/c1-4-22-20(23-14-18-13-19(16(2)3)25-26-18)24-15-21(11-8-12-21)17-9-6-5-7-10-17;/h5-7,9-10,13,16H,4,8,11-12,14-15H2,1-3H3,(H2,22,23,24);1H. The Bertz CT molecular complexity index is 723. The van der Waals surface area contributed by atoms with Gasteiger partial charge in [-0.15, -0.1) is 24.0 Å². The number of nitrogens with zero attached hydrogens (tertiary/aromatic N) is 2. The fourth-order valence-electron chi connectivity index (χ4n) is 3.39. The summed E-state index contributed by atoms with van der Waals surface area (Å²) in [6, 6.07) is 12.8. The Morgan fingerprint density at radius 3 is 2.52 bits per heavy atom. The fourth-order valence-corrected chi connectivity index (χ4v) is 3.39. The molecule has 0 atom stereocenters. The zero-order valence-corrected chi connectivity index (χ0v) is 18.8. The number of aromatic nitrogens is 1. The molecule has 27 heavy (non-hydrogen) atoms. The van der Waals surface area contributed by atoms with Crippen LogP contribution in [-0.4, -0.2) is 24.2 Å². The molecular formula is C21H31IN4O. The molecule has 2 aromatic rings. The van der Waals surface area contributed by atoms with Gasteiger partial charge in [0.25, 0.3) is 0 Å². The van der Waals surface area contributed by atoms with Crippen molar-refractivity contribution in [1.29, 1.82) is 0 Å². The smallest absolute Gasteiger partial charge is 0.191 e. The summed E-state index contributed by atoms with van der Waals surface area (Å²) in [5.74, 6) is 2.00. The number of halogens is 1. The third kappa shape index (κ3) is 5.46. The quantitative estimate of drug-likeness (QED) is 0.344. The molecule has 0 unspecified atom stereocenters. The minimum atomic E-state index is 0. The minimum Gasteiger partial charge on any atom is -0.359 e. The summed E-state index contributed by atoms with van der Waals surface area (Å²) in [4.78, 5) is 4.67. The molecule has 6 heteroatoms. The van der Waals surface area contributed by atoms with E-state index < -0.39 is 0 Å². The van der Waals surface area contributed by atoms with Crippen molar-refractivity contribution >= 4 is 29.9 Å². The van der Waals surface area contributed by atoms with Crippen molar-refractivity contribution in [2.75, 3.05) is 13.1 Å². The molecule has 1 aliphatic rings. The van der Waals surface area contributed by atoms with E-state index in [0.29, 0.717) is 12.5 Å². The molecule has 1 saturated carbocycles. The van der Waals surface area contributed by atoms with Crippen LogP contribution in [-0.2, 0) is 12.0 Å². The number of nitrogens with one attached hydrogen (secondary N) is 2. The van der Waals surface area contributed by atoms with Crippen LogP contribution < -0.4 is 10.6 Å². The van der Waals surface area contributed by atoms with Crippen LogP contribution in [0.4, 0.5) is 0 Å². The van der Waals surface area contributed by atoms with Crippen molar-refractivity contribution < 1.29 is 4.52 Å². The normalized spacial score (nSPS) is 15.8. The molecule has 0 amide bonds. The van der Waals surface area contributed by atoms with Crippen LogP contribution in [0.3, 0.4) is 0 Å². The Morgan fingerprint density at radius 2 is 1.96 bits per heavy atom. The second-order valence-corrected chi connectivity index (χ2v) is 7.42. The maximum absolute atomic E-state index is 5.39. The molecule has 0 bridgehead atoms. The highest BCUT2D eigenvalue weighted by molar-refractivity contribution is 14.0. The summed E-state index contributed by atoms with van der Waals surface area (Å²) in [5, 5.41) is 11.0. The van der Waals surface area contributed by atoms with E-state index in [2.05, 4.69) is 71.9 Å². The lowest BCUT2D eigenvalue weighted by Gasteiger charge is -2.43. The van der Waals surface area contributed by atoms with Gasteiger partial charge >= 0.3 is 0 Å². The Labute approximate surface area is 179 Å². The molecule has 1 aromatic carbocycles. The molecule has 3 rings (SSSR count). The predicted octanol–water partition coefficient (Wildman–Crippen LogP) is 4.59. The summed E-state index contributed by atoms with van der Waals surface area (Å²) in [6.45, 7) is 8.52. The Hall–Kier alpha value is -1.57. The fraction of sp³-hybridized carbons (Fsp3) is 0.524. The van der Waals surface area contributed by atoms with Gasteiger partial charge in [0.05, 0.1) is 5.69 Å². The summed E-state index contributed by atoms with van der Waals surface area (Å²) in [5.41, 5.74) is 2.63. The summed E-state index contributed by atoms with van der Waals surface area (Å²) in [6.07, 6.45) is 3.74. The van der Waals surface area contributed by atoms with E-state index in [1.165, 1.54) is 24.8 Å². The van der Waals surface area contributed by atoms with Gasteiger partial charge in [0, 0.05) is 24.6 Å². The zero-order chi connectivity index (χ0) is 18.4. The maximum Gasteiger partial charge on any atom is 0.191 e. The van der Waals surface area contributed by atoms with E-state index in [1.807, 2.05) is 6.07 Å². The predicted molar refractivity (Wildman–Crippen MR) is 121 cm³/mol. The van der Waals surface area contributed by atoms with E-state index in [4.69, 9.17) is 4.52 Å². The maximum atomic E-state index is 5.39. The molecule has 1 fully saturated rings. The summed E-state index contributed by atoms with van der Waals surface area (Å²) in [7, 11) is 0. The van der Waals surface area contributed by atoms with E-state index in [9.17, 15) is 0 Å². The highest BCUT2D eigenvalue weighted by Gasteiger charge is 2.38. The van der Waals surface area contributed by atoms with Crippen molar-refractivity contribution in [2.24, 2.45) is 4.99 Å². The minimum absolute atomic E-state index is 0. The van der Waals surface area contributed by atoms with Crippen molar-refractivity contribution in [2.45, 2.75) is 57.9 Å². The van der Waals surface area contributed by atoms with Gasteiger partial charge in [-0.05, 0) is 31.2 Å². The lowest BCUT2D eigenvalue weighted by molar-refractivity contribution is 0.244. The third-order valence-corrected chi connectivity index (χ3v) is 5.20. The van der Waals surface area contributed by atoms with Gasteiger partial charge in [-0.25, -0.2) is 4.99 Å². The number of hydrogen-bond donors (Lipinski definition) is 2. The lowest BCUT2D eigenvalue weighted by Crippen LogP contribution is -2.48. The van der Waals surface area contributed by atoms with Crippen LogP contribution in [0.15, 0.2) is 45.9 Å². The van der Waals surface area contributed by atoms with E-state index in [1.54, 1.807) is 0 Å². The first-order valence-corrected chi connectivity index (χ1v) is 9.66. The number of benzene rings is 1. The summed E-state index contributed by atoms with van der Waals surface area (Å²) < 4.78 is 5.39. The van der Waals surface area contributed by atoms with E-state index >= 15 is 0 Å². The number of aliphatic imine (C=N–C) groups is 1. The Balaban J connectivity index is 0.00000261. The van der Waals surface area contributed by atoms with Crippen molar-refractivity contribution in [3.8, 4) is 0 Å². The molecule has 1 aliphatic carbocycles. The van der Waals surface area contributed by atoms with E-state index in [0.717, 1.165) is 30.5 Å². The van der Waals surface area contributed by atoms with Gasteiger partial charge in [0.15, 0.2) is 11.7 Å². The van der Waals surface area contributed by atoms with Crippen LogP contribution in [0.25, 0.3) is 0 Å². The van der Waals surface area contributed by atoms with Gasteiger partial charge in [-0.3, -0.25) is 0 Å². The van der Waals surface area contributed by atoms with Crippen molar-refractivity contribution in [1.82, 2.24) is 15.8 Å². The SMILES string of the molecule is CCNC(=NCc1cc(C(C)C)no1)NCC1(c2ccccc2)CCC1.I. The molecule has 0 spiro atoms. The van der Waals surface area contributed by atoms with Gasteiger partial charge in [0.2, 0.25) is 0 Å². The molecule has 5 nitrogen and oxygen atoms in total. The monoisotopic (exact) mass is 482 g/mol. The van der Waals surface area contributed by atoms with Crippen LogP contribution in [0.1, 0.15) is 63.0 Å². The van der Waals surface area contributed by atoms with Crippen LogP contribution in [0.5, 0.6) is 0 Å². The van der Waals surface area contributed by atoms with Crippen LogP contribution >= 0.6 is 24.0 Å². The Morgan fingerprint density at radius 1 is 1.22 bits per heavy atom. The molecule has 2 N–H and O–H groups in total. The van der Waals surface area contributed by atoms with Crippen molar-refractivity contribution in [3.05, 3.63) is 53.4 Å². The Kier molecular flexibility index (Phi) is 8.13. The highest BCUT2D eigenvalue weighted by Crippen LogP contribution is 2.43. The molecular weight excluding hydrogens is 451 g/mol. The molecule has 0 aliphatic heterocycles. The van der Waals surface area contributed by atoms with Gasteiger partial charge in [-0.2, -0.15) is 0 Å². The zero-order valence-electron chi connectivity index (χ0n) is 16.5. The van der Waals surface area contributed by atoms with Gasteiger partial charge in [-0.1, -0.05) is 55.8 Å². The molecule has 1 aromatic heterocycles. The lowest BCUT2D eigenvalue weighted by atomic mass is 9.64. The largest absolute Gasteiger partial charge is 0.359 e. The second-order valence-electron chi connectivity index (χ2n) is 7.42. The van der Waals surface area contributed by atoms with Gasteiger partial charge < -0.3 is 15.2 Å². The first kappa shape index (κ1) is 21.7. The third-order valence-electron chi connectivity index (χ3n) is 5.20.